The van der Waals surface area contributed by atoms with Crippen molar-refractivity contribution in [3.05, 3.63) is 35.6 Å². The Morgan fingerprint density at radius 1 is 1.04 bits per heavy atom. The number of rotatable bonds is 5. The van der Waals surface area contributed by atoms with Gasteiger partial charge in [0.15, 0.2) is 0 Å². The number of halogens is 1. The van der Waals surface area contributed by atoms with Crippen molar-refractivity contribution >= 4 is 0 Å². The first-order valence-corrected chi connectivity index (χ1v) is 11.2. The van der Waals surface area contributed by atoms with Gasteiger partial charge in [-0.2, -0.15) is 0 Å². The van der Waals surface area contributed by atoms with Gasteiger partial charge < -0.3 is 10.0 Å². The Morgan fingerprint density at radius 2 is 1.64 bits per heavy atom. The van der Waals surface area contributed by atoms with Crippen LogP contribution in [0.3, 0.4) is 0 Å². The summed E-state index contributed by atoms with van der Waals surface area (Å²) >= 11 is 0. The summed E-state index contributed by atoms with van der Waals surface area (Å²) in [6.45, 7) is 11.8. The van der Waals surface area contributed by atoms with Crippen molar-refractivity contribution in [2.45, 2.75) is 77.0 Å². The Kier molecular flexibility index (Phi) is 5.58. The van der Waals surface area contributed by atoms with Crippen LogP contribution >= 0.6 is 0 Å². The number of fused-ring (bicyclic) bond motifs is 2. The summed E-state index contributed by atoms with van der Waals surface area (Å²) in [5.74, 6) is 0.603. The van der Waals surface area contributed by atoms with E-state index in [1.165, 1.54) is 32.0 Å². The van der Waals surface area contributed by atoms with Crippen LogP contribution in [-0.2, 0) is 5.60 Å². The maximum atomic E-state index is 14.4. The monoisotopic (exact) mass is 388 g/mol. The van der Waals surface area contributed by atoms with Crippen molar-refractivity contribution in [1.29, 1.82) is 0 Å². The topological polar surface area (TPSA) is 26.7 Å². The van der Waals surface area contributed by atoms with Crippen LogP contribution in [0.5, 0.6) is 0 Å². The maximum absolute atomic E-state index is 14.4. The summed E-state index contributed by atoms with van der Waals surface area (Å²) in [6.07, 6.45) is 6.20. The smallest absolute Gasteiger partial charge is 0.129 e. The minimum absolute atomic E-state index is 0.231. The first-order valence-electron chi connectivity index (χ1n) is 11.2. The van der Waals surface area contributed by atoms with E-state index < -0.39 is 5.60 Å². The van der Waals surface area contributed by atoms with Gasteiger partial charge in [-0.3, -0.25) is 4.90 Å². The molecule has 0 amide bonds. The van der Waals surface area contributed by atoms with Gasteiger partial charge in [-0.25, -0.2) is 4.39 Å². The molecular weight excluding hydrogens is 351 g/mol. The molecule has 0 aromatic heterocycles. The zero-order chi connectivity index (χ0) is 19.9. The first kappa shape index (κ1) is 20.3. The molecule has 3 aliphatic rings. The Balaban J connectivity index is 1.42. The van der Waals surface area contributed by atoms with Crippen LogP contribution in [0, 0.1) is 17.2 Å². The van der Waals surface area contributed by atoms with Crippen LogP contribution in [0.4, 0.5) is 4.39 Å². The van der Waals surface area contributed by atoms with Crippen LogP contribution in [0.25, 0.3) is 0 Å². The predicted octanol–water partition coefficient (Wildman–Crippen LogP) is 4.40. The number of hydrogen-bond acceptors (Lipinski definition) is 3. The molecule has 3 aliphatic heterocycles. The predicted molar refractivity (Wildman–Crippen MR) is 112 cm³/mol. The number of benzene rings is 1. The van der Waals surface area contributed by atoms with Crippen molar-refractivity contribution in [3.8, 4) is 0 Å². The summed E-state index contributed by atoms with van der Waals surface area (Å²) in [4.78, 5) is 5.28. The largest absolute Gasteiger partial charge is 0.385 e. The highest BCUT2D eigenvalue weighted by molar-refractivity contribution is 5.26. The number of hydrogen-bond donors (Lipinski definition) is 1. The molecule has 4 rings (SSSR count). The normalized spacial score (nSPS) is 32.8. The van der Waals surface area contributed by atoms with Crippen molar-refractivity contribution in [3.63, 3.8) is 0 Å². The minimum atomic E-state index is -1.01. The van der Waals surface area contributed by atoms with E-state index in [-0.39, 0.29) is 11.2 Å². The SMILES string of the molecule is CC1CCN(CC(C)(C)CN2[C@@H]3CC[C@@H]2CC(O)(c2ccccc2F)C3)CC1. The second-order valence-corrected chi connectivity index (χ2v) is 10.6. The standard InChI is InChI=1S/C24H37FN2O/c1-18-10-12-26(13-11-18)16-23(2,3)17-27-19-8-9-20(27)15-24(28,14-19)21-6-4-5-7-22(21)25/h4-7,18-20,28H,8-17H2,1-3H3/t19-,20-/m1/s1. The molecule has 3 fully saturated rings. The zero-order valence-electron chi connectivity index (χ0n) is 17.8. The highest BCUT2D eigenvalue weighted by Crippen LogP contribution is 2.47. The van der Waals surface area contributed by atoms with E-state index in [9.17, 15) is 9.50 Å². The third kappa shape index (κ3) is 4.15. The molecule has 1 aromatic rings. The Morgan fingerprint density at radius 3 is 2.25 bits per heavy atom. The lowest BCUT2D eigenvalue weighted by molar-refractivity contribution is -0.0692. The molecule has 0 radical (unpaired) electrons. The molecule has 2 bridgehead atoms. The number of likely N-dealkylation sites (tertiary alicyclic amines) is 1. The van der Waals surface area contributed by atoms with Crippen LogP contribution in [0.2, 0.25) is 0 Å². The van der Waals surface area contributed by atoms with Gasteiger partial charge in [-0.05, 0) is 69.0 Å². The molecule has 0 saturated carbocycles. The Labute approximate surface area is 169 Å². The molecule has 156 valence electrons. The zero-order valence-corrected chi connectivity index (χ0v) is 17.8. The lowest BCUT2D eigenvalue weighted by Crippen LogP contribution is -2.54. The van der Waals surface area contributed by atoms with Crippen molar-refractivity contribution in [2.75, 3.05) is 26.2 Å². The third-order valence-corrected chi connectivity index (χ3v) is 7.43. The van der Waals surface area contributed by atoms with E-state index in [2.05, 4.69) is 30.6 Å². The second kappa shape index (κ2) is 7.70. The molecule has 1 aromatic carbocycles. The van der Waals surface area contributed by atoms with E-state index in [0.717, 1.165) is 31.8 Å². The highest BCUT2D eigenvalue weighted by atomic mass is 19.1. The fourth-order valence-corrected chi connectivity index (χ4v) is 6.00. The van der Waals surface area contributed by atoms with Gasteiger partial charge in [-0.1, -0.05) is 39.0 Å². The number of nitrogens with zero attached hydrogens (tertiary/aromatic N) is 2. The summed E-state index contributed by atoms with van der Waals surface area (Å²) in [5, 5.41) is 11.3. The van der Waals surface area contributed by atoms with E-state index in [1.54, 1.807) is 12.1 Å². The van der Waals surface area contributed by atoms with E-state index in [1.807, 2.05) is 6.07 Å². The third-order valence-electron chi connectivity index (χ3n) is 7.43. The number of piperidine rings is 2. The molecule has 0 unspecified atom stereocenters. The fraction of sp³-hybridized carbons (Fsp3) is 0.750. The van der Waals surface area contributed by atoms with Gasteiger partial charge in [-0.15, -0.1) is 0 Å². The average molecular weight is 389 g/mol. The van der Waals surface area contributed by atoms with Crippen LogP contribution in [-0.4, -0.2) is 53.2 Å². The van der Waals surface area contributed by atoms with Gasteiger partial charge in [0.05, 0.1) is 5.60 Å². The molecule has 4 heteroatoms. The van der Waals surface area contributed by atoms with Crippen molar-refractivity contribution in [2.24, 2.45) is 11.3 Å². The number of aliphatic hydroxyl groups is 1. The fourth-order valence-electron chi connectivity index (χ4n) is 6.00. The Bertz CT molecular complexity index is 669. The summed E-state index contributed by atoms with van der Waals surface area (Å²) in [7, 11) is 0. The van der Waals surface area contributed by atoms with E-state index >= 15 is 0 Å². The van der Waals surface area contributed by atoms with Gasteiger partial charge in [0.1, 0.15) is 5.82 Å². The van der Waals surface area contributed by atoms with Gasteiger partial charge in [0.2, 0.25) is 0 Å². The summed E-state index contributed by atoms with van der Waals surface area (Å²) < 4.78 is 14.4. The molecular formula is C24H37FN2O. The van der Waals surface area contributed by atoms with Crippen molar-refractivity contribution in [1.82, 2.24) is 9.80 Å². The van der Waals surface area contributed by atoms with Crippen LogP contribution < -0.4 is 0 Å². The van der Waals surface area contributed by atoms with Gasteiger partial charge >= 0.3 is 0 Å². The lowest BCUT2D eigenvalue weighted by atomic mass is 9.79. The molecule has 3 heterocycles. The molecule has 1 N–H and O–H groups in total. The Hall–Kier alpha value is -0.970. The lowest BCUT2D eigenvalue weighted by Gasteiger charge is -2.47. The van der Waals surface area contributed by atoms with E-state index in [0.29, 0.717) is 30.5 Å². The molecule has 0 spiro atoms. The maximum Gasteiger partial charge on any atom is 0.129 e. The minimum Gasteiger partial charge on any atom is -0.385 e. The molecule has 3 nitrogen and oxygen atoms in total. The summed E-state index contributed by atoms with van der Waals surface area (Å²) in [6, 6.07) is 7.52. The molecule has 2 atom stereocenters. The molecule has 28 heavy (non-hydrogen) atoms. The van der Waals surface area contributed by atoms with Crippen molar-refractivity contribution < 1.29 is 9.50 Å². The summed E-state index contributed by atoms with van der Waals surface area (Å²) in [5.41, 5.74) is -0.288. The first-order chi connectivity index (χ1) is 13.3. The quantitative estimate of drug-likeness (QED) is 0.810. The molecule has 0 aliphatic carbocycles. The van der Waals surface area contributed by atoms with E-state index in [4.69, 9.17) is 0 Å². The van der Waals surface area contributed by atoms with Crippen LogP contribution in [0.1, 0.15) is 64.9 Å². The molecule has 3 saturated heterocycles. The second-order valence-electron chi connectivity index (χ2n) is 10.6. The highest BCUT2D eigenvalue weighted by Gasteiger charge is 2.50. The van der Waals surface area contributed by atoms with Gasteiger partial charge in [0.25, 0.3) is 0 Å². The van der Waals surface area contributed by atoms with Crippen LogP contribution in [0.15, 0.2) is 24.3 Å². The van der Waals surface area contributed by atoms with Gasteiger partial charge in [0, 0.05) is 30.7 Å². The average Bonchev–Trinajstić information content (AvgIpc) is 2.87.